The molecule has 1 N–H and O–H groups in total. The van der Waals surface area contributed by atoms with Gasteiger partial charge in [-0.1, -0.05) is 26.0 Å². The van der Waals surface area contributed by atoms with Crippen molar-refractivity contribution in [3.63, 3.8) is 0 Å². The molecule has 0 atom stereocenters. The summed E-state index contributed by atoms with van der Waals surface area (Å²) in [6.07, 6.45) is 1.15. The van der Waals surface area contributed by atoms with Gasteiger partial charge in [0.15, 0.2) is 0 Å². The first-order chi connectivity index (χ1) is 9.44. The molecule has 0 unspecified atom stereocenters. The molecule has 20 heavy (non-hydrogen) atoms. The molecule has 114 valence electrons. The van der Waals surface area contributed by atoms with Gasteiger partial charge in [-0.25, -0.2) is 13.1 Å². The van der Waals surface area contributed by atoms with E-state index in [4.69, 9.17) is 4.74 Å². The van der Waals surface area contributed by atoms with Gasteiger partial charge in [-0.3, -0.25) is 0 Å². The molecule has 0 heterocycles. The van der Waals surface area contributed by atoms with E-state index in [1.165, 1.54) is 0 Å². The second kappa shape index (κ2) is 8.24. The van der Waals surface area contributed by atoms with Gasteiger partial charge in [-0.15, -0.1) is 0 Å². The molecule has 5 nitrogen and oxygen atoms in total. The second-order valence-electron chi connectivity index (χ2n) is 4.61. The molecule has 0 aliphatic carbocycles. The van der Waals surface area contributed by atoms with E-state index in [2.05, 4.69) is 23.5 Å². The van der Waals surface area contributed by atoms with Crippen LogP contribution in [0.4, 0.5) is 0 Å². The predicted octanol–water partition coefficient (Wildman–Crippen LogP) is 1.46. The van der Waals surface area contributed by atoms with Crippen LogP contribution in [0.3, 0.4) is 0 Å². The first kappa shape index (κ1) is 16.9. The molecule has 0 saturated carbocycles. The van der Waals surface area contributed by atoms with Crippen LogP contribution in [0.1, 0.15) is 19.4 Å². The normalized spacial score (nSPS) is 11.8. The average Bonchev–Trinajstić information content (AvgIpc) is 2.42. The molecule has 0 fully saturated rings. The second-order valence-corrected chi connectivity index (χ2v) is 6.45. The fourth-order valence-corrected chi connectivity index (χ4v) is 2.18. The van der Waals surface area contributed by atoms with Gasteiger partial charge in [-0.05, 0) is 30.8 Å². The van der Waals surface area contributed by atoms with Gasteiger partial charge in [0.05, 0.1) is 6.26 Å². The Bertz CT molecular complexity index is 482. The zero-order chi connectivity index (χ0) is 15.0. The molecule has 1 rings (SSSR count). The third kappa shape index (κ3) is 6.88. The van der Waals surface area contributed by atoms with Crippen molar-refractivity contribution >= 4 is 10.0 Å². The van der Waals surface area contributed by atoms with E-state index in [9.17, 15) is 8.42 Å². The first-order valence-electron chi connectivity index (χ1n) is 6.83. The third-order valence-electron chi connectivity index (χ3n) is 3.03. The van der Waals surface area contributed by atoms with Gasteiger partial charge in [0.1, 0.15) is 12.4 Å². The lowest BCUT2D eigenvalue weighted by Gasteiger charge is -2.18. The molecule has 0 amide bonds. The van der Waals surface area contributed by atoms with Gasteiger partial charge in [0.2, 0.25) is 10.0 Å². The van der Waals surface area contributed by atoms with Gasteiger partial charge in [-0.2, -0.15) is 0 Å². The Kier molecular flexibility index (Phi) is 6.98. The van der Waals surface area contributed by atoms with Crippen LogP contribution in [-0.4, -0.2) is 45.8 Å². The fourth-order valence-electron chi connectivity index (χ4n) is 1.75. The lowest BCUT2D eigenvalue weighted by atomic mass is 10.2. The number of hydrogen-bond acceptors (Lipinski definition) is 4. The summed E-state index contributed by atoms with van der Waals surface area (Å²) in [5.41, 5.74) is 0.909. The van der Waals surface area contributed by atoms with Gasteiger partial charge < -0.3 is 9.64 Å². The number of nitrogens with one attached hydrogen (secondary N) is 1. The lowest BCUT2D eigenvalue weighted by Crippen LogP contribution is -2.27. The molecule has 1 aromatic rings. The average molecular weight is 300 g/mol. The molecule has 0 saturated heterocycles. The van der Waals surface area contributed by atoms with Crippen LogP contribution >= 0.6 is 0 Å². The van der Waals surface area contributed by atoms with Crippen LogP contribution in [0.15, 0.2) is 24.3 Å². The summed E-state index contributed by atoms with van der Waals surface area (Å²) >= 11 is 0. The number of benzene rings is 1. The van der Waals surface area contributed by atoms with Crippen molar-refractivity contribution in [2.24, 2.45) is 0 Å². The van der Waals surface area contributed by atoms with Crippen LogP contribution < -0.4 is 9.46 Å². The zero-order valence-electron chi connectivity index (χ0n) is 12.4. The van der Waals surface area contributed by atoms with Crippen molar-refractivity contribution in [1.29, 1.82) is 0 Å². The van der Waals surface area contributed by atoms with Crippen molar-refractivity contribution in [3.05, 3.63) is 29.8 Å². The van der Waals surface area contributed by atoms with Crippen LogP contribution in [0, 0.1) is 0 Å². The highest BCUT2D eigenvalue weighted by molar-refractivity contribution is 7.88. The van der Waals surface area contributed by atoms with Crippen molar-refractivity contribution in [3.8, 4) is 5.75 Å². The standard InChI is InChI=1S/C14H24N2O3S/c1-4-16(5-2)10-11-19-14-8-6-13(7-9-14)12-15-20(3,17)18/h6-9,15H,4-5,10-12H2,1-3H3. The third-order valence-corrected chi connectivity index (χ3v) is 3.70. The molecule has 0 spiro atoms. The Morgan fingerprint density at radius 3 is 2.25 bits per heavy atom. The number of sulfonamides is 1. The van der Waals surface area contributed by atoms with E-state index in [-0.39, 0.29) is 0 Å². The molecule has 0 bridgehead atoms. The number of likely N-dealkylation sites (N-methyl/N-ethyl adjacent to an activating group) is 1. The highest BCUT2D eigenvalue weighted by atomic mass is 32.2. The van der Waals surface area contributed by atoms with E-state index in [1.807, 2.05) is 24.3 Å². The number of nitrogens with zero attached hydrogens (tertiary/aromatic N) is 1. The molecular weight excluding hydrogens is 276 g/mol. The smallest absolute Gasteiger partial charge is 0.209 e. The summed E-state index contributed by atoms with van der Waals surface area (Å²) in [7, 11) is -3.15. The number of ether oxygens (including phenoxy) is 1. The van der Waals surface area contributed by atoms with Gasteiger partial charge >= 0.3 is 0 Å². The van der Waals surface area contributed by atoms with E-state index in [0.29, 0.717) is 13.2 Å². The maximum absolute atomic E-state index is 11.0. The van der Waals surface area contributed by atoms with Crippen molar-refractivity contribution in [2.75, 3.05) is 32.5 Å². The molecule has 0 aromatic heterocycles. The van der Waals surface area contributed by atoms with E-state index in [1.54, 1.807) is 0 Å². The van der Waals surface area contributed by atoms with Crippen molar-refractivity contribution in [1.82, 2.24) is 9.62 Å². The molecule has 6 heteroatoms. The summed E-state index contributed by atoms with van der Waals surface area (Å²) in [6.45, 7) is 8.18. The lowest BCUT2D eigenvalue weighted by molar-refractivity contribution is 0.223. The zero-order valence-corrected chi connectivity index (χ0v) is 13.2. The SMILES string of the molecule is CCN(CC)CCOc1ccc(CNS(C)(=O)=O)cc1. The highest BCUT2D eigenvalue weighted by Crippen LogP contribution is 2.12. The minimum Gasteiger partial charge on any atom is -0.492 e. The first-order valence-corrected chi connectivity index (χ1v) is 8.72. The van der Waals surface area contributed by atoms with E-state index < -0.39 is 10.0 Å². The predicted molar refractivity (Wildman–Crippen MR) is 81.4 cm³/mol. The van der Waals surface area contributed by atoms with Crippen LogP contribution in [0.5, 0.6) is 5.75 Å². The number of hydrogen-bond donors (Lipinski definition) is 1. The summed E-state index contributed by atoms with van der Waals surface area (Å²) in [6, 6.07) is 7.46. The Morgan fingerprint density at radius 2 is 1.75 bits per heavy atom. The topological polar surface area (TPSA) is 58.6 Å². The van der Waals surface area contributed by atoms with Crippen molar-refractivity contribution < 1.29 is 13.2 Å². The molecule has 0 aliphatic rings. The summed E-state index contributed by atoms with van der Waals surface area (Å²) < 4.78 is 30.1. The van der Waals surface area contributed by atoms with Gasteiger partial charge in [0, 0.05) is 13.1 Å². The summed E-state index contributed by atoms with van der Waals surface area (Å²) in [5, 5.41) is 0. The quantitative estimate of drug-likeness (QED) is 0.750. The monoisotopic (exact) mass is 300 g/mol. The van der Waals surface area contributed by atoms with E-state index >= 15 is 0 Å². The fraction of sp³-hybridized carbons (Fsp3) is 0.571. The largest absolute Gasteiger partial charge is 0.492 e. The molecule has 1 aromatic carbocycles. The maximum Gasteiger partial charge on any atom is 0.209 e. The molecule has 0 radical (unpaired) electrons. The minimum atomic E-state index is -3.15. The summed E-state index contributed by atoms with van der Waals surface area (Å²) in [4.78, 5) is 2.30. The van der Waals surface area contributed by atoms with Crippen molar-refractivity contribution in [2.45, 2.75) is 20.4 Å². The van der Waals surface area contributed by atoms with Crippen LogP contribution in [-0.2, 0) is 16.6 Å². The Balaban J connectivity index is 2.39. The maximum atomic E-state index is 11.0. The molecule has 0 aliphatic heterocycles. The highest BCUT2D eigenvalue weighted by Gasteiger charge is 2.02. The van der Waals surface area contributed by atoms with E-state index in [0.717, 1.165) is 37.2 Å². The minimum absolute atomic E-state index is 0.304. The van der Waals surface area contributed by atoms with Gasteiger partial charge in [0.25, 0.3) is 0 Å². The summed E-state index contributed by atoms with van der Waals surface area (Å²) in [5.74, 6) is 0.806. The van der Waals surface area contributed by atoms with Crippen LogP contribution in [0.25, 0.3) is 0 Å². The number of rotatable bonds is 9. The Hall–Kier alpha value is -1.11. The Morgan fingerprint density at radius 1 is 1.15 bits per heavy atom. The Labute approximate surface area is 122 Å². The van der Waals surface area contributed by atoms with Crippen LogP contribution in [0.2, 0.25) is 0 Å². The molecular formula is C14H24N2O3S.